The molecule has 35 heavy (non-hydrogen) atoms. The van der Waals surface area contributed by atoms with E-state index in [1.807, 2.05) is 36.6 Å². The lowest BCUT2D eigenvalue weighted by molar-refractivity contribution is -0.141. The minimum Gasteiger partial charge on any atom is -0.467 e. The molecular weight excluding hydrogens is 462 g/mol. The number of nitrogens with one attached hydrogen (secondary N) is 2. The van der Waals surface area contributed by atoms with E-state index in [1.165, 1.54) is 22.7 Å². The van der Waals surface area contributed by atoms with Gasteiger partial charge in [-0.25, -0.2) is 0 Å². The van der Waals surface area contributed by atoms with Crippen molar-refractivity contribution in [2.45, 2.75) is 57.7 Å². The fraction of sp³-hybridized carbons (Fsp3) is 0.370. The predicted molar refractivity (Wildman–Crippen MR) is 135 cm³/mol. The van der Waals surface area contributed by atoms with E-state index < -0.39 is 6.04 Å². The highest BCUT2D eigenvalue weighted by Gasteiger charge is 2.33. The first-order chi connectivity index (χ1) is 17.0. The Hall–Kier alpha value is -3.39. The van der Waals surface area contributed by atoms with E-state index >= 15 is 0 Å². The molecule has 8 heteroatoms. The SMILES string of the molecule is Cc1ccc(C(C(=O)NC2CCCCC2)N(Cc2ccco2)C(=O)CNC(=O)c2cccs2)cc1. The molecule has 184 valence electrons. The van der Waals surface area contributed by atoms with Gasteiger partial charge in [0.25, 0.3) is 5.91 Å². The maximum Gasteiger partial charge on any atom is 0.261 e. The zero-order valence-electron chi connectivity index (χ0n) is 19.9. The molecule has 0 spiro atoms. The number of amides is 3. The summed E-state index contributed by atoms with van der Waals surface area (Å²) in [6, 6.07) is 13.9. The molecule has 1 saturated carbocycles. The Kier molecular flexibility index (Phi) is 8.36. The first-order valence-electron chi connectivity index (χ1n) is 12.0. The lowest BCUT2D eigenvalue weighted by Gasteiger charge is -2.33. The third kappa shape index (κ3) is 6.60. The molecule has 4 rings (SSSR count). The molecular formula is C27H31N3O4S. The van der Waals surface area contributed by atoms with Gasteiger partial charge in [0.1, 0.15) is 11.8 Å². The van der Waals surface area contributed by atoms with Crippen molar-refractivity contribution in [2.24, 2.45) is 0 Å². The molecule has 7 nitrogen and oxygen atoms in total. The topological polar surface area (TPSA) is 91.7 Å². The Morgan fingerprint density at radius 3 is 2.49 bits per heavy atom. The van der Waals surface area contributed by atoms with Gasteiger partial charge >= 0.3 is 0 Å². The minimum atomic E-state index is -0.853. The molecule has 2 N–H and O–H groups in total. The lowest BCUT2D eigenvalue weighted by Crippen LogP contribution is -2.49. The Labute approximate surface area is 209 Å². The molecule has 2 heterocycles. The number of benzene rings is 1. The van der Waals surface area contributed by atoms with E-state index in [9.17, 15) is 14.4 Å². The normalized spacial score (nSPS) is 14.8. The highest BCUT2D eigenvalue weighted by Crippen LogP contribution is 2.26. The molecule has 0 aliphatic heterocycles. The summed E-state index contributed by atoms with van der Waals surface area (Å²) in [6.45, 7) is 1.86. The molecule has 0 saturated heterocycles. The largest absolute Gasteiger partial charge is 0.467 e. The number of furan rings is 1. The van der Waals surface area contributed by atoms with Gasteiger partial charge in [0.2, 0.25) is 11.8 Å². The number of hydrogen-bond donors (Lipinski definition) is 2. The first kappa shape index (κ1) is 24.7. The van der Waals surface area contributed by atoms with Gasteiger partial charge in [0.05, 0.1) is 24.2 Å². The summed E-state index contributed by atoms with van der Waals surface area (Å²) >= 11 is 1.31. The molecule has 1 unspecified atom stereocenters. The summed E-state index contributed by atoms with van der Waals surface area (Å²) in [6.07, 6.45) is 6.78. The number of thiophene rings is 1. The van der Waals surface area contributed by atoms with Crippen LogP contribution >= 0.6 is 11.3 Å². The van der Waals surface area contributed by atoms with Crippen molar-refractivity contribution in [1.29, 1.82) is 0 Å². The molecule has 1 atom stereocenters. The molecule has 3 aromatic rings. The van der Waals surface area contributed by atoms with Gasteiger partial charge in [0.15, 0.2) is 0 Å². The van der Waals surface area contributed by atoms with Crippen molar-refractivity contribution in [3.8, 4) is 0 Å². The molecule has 3 amide bonds. The zero-order chi connectivity index (χ0) is 24.6. The summed E-state index contributed by atoms with van der Waals surface area (Å²) in [5.41, 5.74) is 1.78. The standard InChI is InChI=1S/C27H31N3O4S/c1-19-11-13-20(14-12-19)25(27(33)29-21-7-3-2-4-8-21)30(18-22-9-5-15-34-22)24(31)17-28-26(32)23-10-6-16-35-23/h5-6,9-16,21,25H,2-4,7-8,17-18H2,1H3,(H,28,32)(H,29,33). The van der Waals surface area contributed by atoms with Crippen molar-refractivity contribution in [2.75, 3.05) is 6.54 Å². The smallest absolute Gasteiger partial charge is 0.261 e. The van der Waals surface area contributed by atoms with Gasteiger partial charge in [-0.3, -0.25) is 14.4 Å². The summed E-state index contributed by atoms with van der Waals surface area (Å²) < 4.78 is 5.52. The second-order valence-corrected chi connectivity index (χ2v) is 9.87. The van der Waals surface area contributed by atoms with E-state index in [4.69, 9.17) is 4.42 Å². The Bertz CT molecular complexity index is 1100. The Morgan fingerprint density at radius 2 is 1.83 bits per heavy atom. The van der Waals surface area contributed by atoms with Crippen LogP contribution in [0.1, 0.15) is 64.7 Å². The van der Waals surface area contributed by atoms with Gasteiger partial charge < -0.3 is 20.0 Å². The van der Waals surface area contributed by atoms with Crippen LogP contribution in [0.3, 0.4) is 0 Å². The number of aryl methyl sites for hydroxylation is 1. The maximum atomic E-state index is 13.7. The highest BCUT2D eigenvalue weighted by molar-refractivity contribution is 7.12. The number of carbonyl (C=O) groups excluding carboxylic acids is 3. The van der Waals surface area contributed by atoms with Crippen LogP contribution in [0, 0.1) is 6.92 Å². The van der Waals surface area contributed by atoms with Crippen LogP contribution in [0.15, 0.2) is 64.6 Å². The fourth-order valence-electron chi connectivity index (χ4n) is 4.39. The van der Waals surface area contributed by atoms with E-state index in [0.717, 1.165) is 31.2 Å². The average molecular weight is 494 g/mol. The summed E-state index contributed by atoms with van der Waals surface area (Å²) in [5, 5.41) is 7.69. The van der Waals surface area contributed by atoms with Crippen molar-refractivity contribution < 1.29 is 18.8 Å². The van der Waals surface area contributed by atoms with Crippen LogP contribution < -0.4 is 10.6 Å². The number of carbonyl (C=O) groups is 3. The van der Waals surface area contributed by atoms with Crippen molar-refractivity contribution in [3.63, 3.8) is 0 Å². The molecule has 2 aromatic heterocycles. The lowest BCUT2D eigenvalue weighted by atomic mass is 9.94. The van der Waals surface area contributed by atoms with Gasteiger partial charge in [-0.05, 0) is 48.9 Å². The molecule has 1 aliphatic carbocycles. The van der Waals surface area contributed by atoms with Crippen LogP contribution in [-0.2, 0) is 16.1 Å². The summed E-state index contributed by atoms with van der Waals surface area (Å²) in [7, 11) is 0. The van der Waals surface area contributed by atoms with Gasteiger partial charge in [-0.2, -0.15) is 0 Å². The minimum absolute atomic E-state index is 0.100. The monoisotopic (exact) mass is 493 g/mol. The van der Waals surface area contributed by atoms with Crippen molar-refractivity contribution >= 4 is 29.1 Å². The quantitative estimate of drug-likeness (QED) is 0.456. The van der Waals surface area contributed by atoms with E-state index in [0.29, 0.717) is 16.2 Å². The predicted octanol–water partition coefficient (Wildman–Crippen LogP) is 4.60. The van der Waals surface area contributed by atoms with E-state index in [2.05, 4.69) is 10.6 Å². The second-order valence-electron chi connectivity index (χ2n) is 8.92. The zero-order valence-corrected chi connectivity index (χ0v) is 20.7. The third-order valence-corrected chi connectivity index (χ3v) is 7.15. The van der Waals surface area contributed by atoms with Crippen LogP contribution in [0.4, 0.5) is 0 Å². The van der Waals surface area contributed by atoms with Gasteiger partial charge in [-0.15, -0.1) is 11.3 Å². The summed E-state index contributed by atoms with van der Waals surface area (Å²) in [4.78, 5) is 41.7. The fourth-order valence-corrected chi connectivity index (χ4v) is 5.03. The molecule has 1 fully saturated rings. The highest BCUT2D eigenvalue weighted by atomic mass is 32.1. The van der Waals surface area contributed by atoms with Gasteiger partial charge in [0, 0.05) is 6.04 Å². The molecule has 1 aromatic carbocycles. The average Bonchev–Trinajstić information content (AvgIpc) is 3.58. The van der Waals surface area contributed by atoms with Crippen molar-refractivity contribution in [1.82, 2.24) is 15.5 Å². The summed E-state index contributed by atoms with van der Waals surface area (Å²) in [5.74, 6) is -0.337. The Morgan fingerprint density at radius 1 is 1.06 bits per heavy atom. The Balaban J connectivity index is 1.60. The number of nitrogens with zero attached hydrogens (tertiary/aromatic N) is 1. The molecule has 1 aliphatic rings. The van der Waals surface area contributed by atoms with Crippen LogP contribution in [0.5, 0.6) is 0 Å². The third-order valence-electron chi connectivity index (χ3n) is 6.28. The van der Waals surface area contributed by atoms with Crippen LogP contribution in [0.25, 0.3) is 0 Å². The number of hydrogen-bond acceptors (Lipinski definition) is 5. The van der Waals surface area contributed by atoms with Crippen molar-refractivity contribution in [3.05, 3.63) is 81.9 Å². The number of rotatable bonds is 9. The second kappa shape index (κ2) is 11.8. The van der Waals surface area contributed by atoms with E-state index in [1.54, 1.807) is 30.5 Å². The van der Waals surface area contributed by atoms with Crippen LogP contribution in [-0.4, -0.2) is 35.2 Å². The van der Waals surface area contributed by atoms with E-state index in [-0.39, 0.29) is 36.9 Å². The molecule has 0 bridgehead atoms. The van der Waals surface area contributed by atoms with Crippen LogP contribution in [0.2, 0.25) is 0 Å². The van der Waals surface area contributed by atoms with Gasteiger partial charge in [-0.1, -0.05) is 55.2 Å². The molecule has 0 radical (unpaired) electrons. The maximum absolute atomic E-state index is 13.7. The first-order valence-corrected chi connectivity index (χ1v) is 12.9.